The van der Waals surface area contributed by atoms with E-state index in [0.29, 0.717) is 18.3 Å². The molecule has 2 aromatic rings. The Hall–Kier alpha value is -2.03. The Morgan fingerprint density at radius 2 is 2.23 bits per heavy atom. The van der Waals surface area contributed by atoms with Gasteiger partial charge in [0.25, 0.3) is 5.91 Å². The summed E-state index contributed by atoms with van der Waals surface area (Å²) in [5.74, 6) is -0.422. The fourth-order valence-corrected chi connectivity index (χ4v) is 2.11. The first-order chi connectivity index (χ1) is 10.6. The molecule has 0 spiro atoms. The highest BCUT2D eigenvalue weighted by Gasteiger charge is 2.13. The highest BCUT2D eigenvalue weighted by Crippen LogP contribution is 2.14. The van der Waals surface area contributed by atoms with E-state index in [2.05, 4.69) is 27.2 Å². The summed E-state index contributed by atoms with van der Waals surface area (Å²) in [4.78, 5) is 20.3. The quantitative estimate of drug-likeness (QED) is 0.433. The number of carbonyl (C=O) groups excluding carboxylic acids is 1. The molecule has 7 heteroatoms. The molecule has 0 unspecified atom stereocenters. The van der Waals surface area contributed by atoms with Crippen LogP contribution in [0.1, 0.15) is 16.8 Å². The molecular weight excluding hydrogens is 398 g/mol. The van der Waals surface area contributed by atoms with Gasteiger partial charge in [0.2, 0.25) is 5.95 Å². The number of nitrogens with one attached hydrogen (secondary N) is 2. The zero-order valence-electron chi connectivity index (χ0n) is 11.6. The van der Waals surface area contributed by atoms with Crippen LogP contribution in [-0.4, -0.2) is 22.4 Å². The van der Waals surface area contributed by atoms with Gasteiger partial charge in [-0.3, -0.25) is 4.79 Å². The predicted molar refractivity (Wildman–Crippen MR) is 92.4 cm³/mol. The number of aromatic nitrogens is 2. The Morgan fingerprint density at radius 1 is 1.41 bits per heavy atom. The first-order valence-electron chi connectivity index (χ1n) is 6.54. The number of hydrogen-bond donors (Lipinski definition) is 2. The molecule has 2 rings (SSSR count). The zero-order chi connectivity index (χ0) is 15.9. The van der Waals surface area contributed by atoms with E-state index in [1.165, 1.54) is 18.3 Å². The highest BCUT2D eigenvalue weighted by atomic mass is 127. The molecule has 5 nitrogen and oxygen atoms in total. The van der Waals surface area contributed by atoms with Gasteiger partial charge in [0.05, 0.1) is 5.56 Å². The minimum Gasteiger partial charge on any atom is -0.354 e. The van der Waals surface area contributed by atoms with Gasteiger partial charge in [0.15, 0.2) is 0 Å². The van der Waals surface area contributed by atoms with Crippen LogP contribution in [0, 0.1) is 9.39 Å². The zero-order valence-corrected chi connectivity index (χ0v) is 13.8. The molecule has 0 radical (unpaired) electrons. The molecule has 0 bridgehead atoms. The first kappa shape index (κ1) is 16.3. The Kier molecular flexibility index (Phi) is 5.82. The SMILES string of the molecule is C=CCCNc1nccc(NC(=O)c2ccc(I)cc2F)n1. The van der Waals surface area contributed by atoms with Crippen molar-refractivity contribution in [3.8, 4) is 0 Å². The normalized spacial score (nSPS) is 10.1. The molecule has 0 saturated carbocycles. The van der Waals surface area contributed by atoms with E-state index in [9.17, 15) is 9.18 Å². The molecule has 0 aliphatic carbocycles. The summed E-state index contributed by atoms with van der Waals surface area (Å²) in [6.07, 6.45) is 4.06. The van der Waals surface area contributed by atoms with E-state index in [0.717, 1.165) is 9.99 Å². The molecule has 0 atom stereocenters. The van der Waals surface area contributed by atoms with Crippen LogP contribution < -0.4 is 10.6 Å². The van der Waals surface area contributed by atoms with Gasteiger partial charge < -0.3 is 10.6 Å². The molecule has 1 heterocycles. The minimum absolute atomic E-state index is 0.0276. The second-order valence-electron chi connectivity index (χ2n) is 4.35. The first-order valence-corrected chi connectivity index (χ1v) is 7.62. The van der Waals surface area contributed by atoms with Crippen molar-refractivity contribution in [3.63, 3.8) is 0 Å². The number of anilines is 2. The molecule has 1 aromatic heterocycles. The third kappa shape index (κ3) is 4.48. The van der Waals surface area contributed by atoms with E-state index >= 15 is 0 Å². The number of rotatable bonds is 6. The summed E-state index contributed by atoms with van der Waals surface area (Å²) in [7, 11) is 0. The molecule has 1 amide bonds. The molecule has 2 N–H and O–H groups in total. The van der Waals surface area contributed by atoms with Gasteiger partial charge in [-0.1, -0.05) is 6.08 Å². The van der Waals surface area contributed by atoms with Crippen molar-refractivity contribution in [3.05, 3.63) is 58.1 Å². The molecule has 0 fully saturated rings. The third-order valence-corrected chi connectivity index (χ3v) is 3.38. The smallest absolute Gasteiger partial charge is 0.259 e. The summed E-state index contributed by atoms with van der Waals surface area (Å²) in [6.45, 7) is 4.27. The Morgan fingerprint density at radius 3 is 2.95 bits per heavy atom. The van der Waals surface area contributed by atoms with Crippen molar-refractivity contribution in [2.24, 2.45) is 0 Å². The van der Waals surface area contributed by atoms with Gasteiger partial charge in [0, 0.05) is 16.3 Å². The van der Waals surface area contributed by atoms with Gasteiger partial charge in [-0.2, -0.15) is 4.98 Å². The highest BCUT2D eigenvalue weighted by molar-refractivity contribution is 14.1. The number of carbonyl (C=O) groups is 1. The number of benzene rings is 1. The van der Waals surface area contributed by atoms with Crippen LogP contribution in [0.3, 0.4) is 0 Å². The van der Waals surface area contributed by atoms with Gasteiger partial charge in [-0.05, 0) is 53.3 Å². The van der Waals surface area contributed by atoms with E-state index < -0.39 is 11.7 Å². The van der Waals surface area contributed by atoms with Gasteiger partial charge in [0.1, 0.15) is 11.6 Å². The average Bonchev–Trinajstić information content (AvgIpc) is 2.47. The van der Waals surface area contributed by atoms with Crippen molar-refractivity contribution < 1.29 is 9.18 Å². The predicted octanol–water partition coefficient (Wildman–Crippen LogP) is 3.46. The molecule has 0 aliphatic heterocycles. The monoisotopic (exact) mass is 412 g/mol. The van der Waals surface area contributed by atoms with Crippen LogP contribution in [0.25, 0.3) is 0 Å². The molecule has 1 aromatic carbocycles. The summed E-state index contributed by atoms with van der Waals surface area (Å²) < 4.78 is 14.5. The van der Waals surface area contributed by atoms with E-state index in [1.54, 1.807) is 18.2 Å². The van der Waals surface area contributed by atoms with Crippen molar-refractivity contribution in [1.82, 2.24) is 9.97 Å². The Labute approximate surface area is 141 Å². The largest absolute Gasteiger partial charge is 0.354 e. The fourth-order valence-electron chi connectivity index (χ4n) is 1.66. The van der Waals surface area contributed by atoms with Crippen molar-refractivity contribution in [2.45, 2.75) is 6.42 Å². The lowest BCUT2D eigenvalue weighted by atomic mass is 10.2. The maximum absolute atomic E-state index is 13.8. The van der Waals surface area contributed by atoms with E-state index in [1.807, 2.05) is 22.6 Å². The van der Waals surface area contributed by atoms with Crippen LogP contribution in [0.15, 0.2) is 43.1 Å². The van der Waals surface area contributed by atoms with Gasteiger partial charge in [-0.25, -0.2) is 9.37 Å². The second kappa shape index (κ2) is 7.83. The lowest BCUT2D eigenvalue weighted by Gasteiger charge is -2.07. The third-order valence-electron chi connectivity index (χ3n) is 2.70. The lowest BCUT2D eigenvalue weighted by molar-refractivity contribution is 0.102. The van der Waals surface area contributed by atoms with Crippen molar-refractivity contribution in [1.29, 1.82) is 0 Å². The summed E-state index contributed by atoms with van der Waals surface area (Å²) in [6, 6.07) is 5.95. The number of halogens is 2. The Bertz CT molecular complexity index is 693. The summed E-state index contributed by atoms with van der Waals surface area (Å²) >= 11 is 1.98. The molecule has 22 heavy (non-hydrogen) atoms. The summed E-state index contributed by atoms with van der Waals surface area (Å²) in [5.41, 5.74) is -0.0276. The number of amides is 1. The molecular formula is C15H14FIN4O. The van der Waals surface area contributed by atoms with Crippen LogP contribution in [0.2, 0.25) is 0 Å². The van der Waals surface area contributed by atoms with Crippen molar-refractivity contribution >= 4 is 40.3 Å². The number of hydrogen-bond acceptors (Lipinski definition) is 4. The van der Waals surface area contributed by atoms with Crippen LogP contribution in [-0.2, 0) is 0 Å². The van der Waals surface area contributed by atoms with Gasteiger partial charge >= 0.3 is 0 Å². The second-order valence-corrected chi connectivity index (χ2v) is 5.59. The average molecular weight is 412 g/mol. The van der Waals surface area contributed by atoms with Gasteiger partial charge in [-0.15, -0.1) is 6.58 Å². The maximum atomic E-state index is 13.8. The topological polar surface area (TPSA) is 66.9 Å². The standard InChI is InChI=1S/C15H14FIN4O/c1-2-3-7-18-15-19-8-6-13(21-15)20-14(22)11-5-4-10(17)9-12(11)16/h2,4-6,8-9H,1,3,7H2,(H2,18,19,20,21,22). The summed E-state index contributed by atoms with van der Waals surface area (Å²) in [5, 5.41) is 5.55. The molecule has 0 saturated heterocycles. The fraction of sp³-hybridized carbons (Fsp3) is 0.133. The number of nitrogens with zero attached hydrogens (tertiary/aromatic N) is 2. The Balaban J connectivity index is 2.08. The molecule has 0 aliphatic rings. The molecule has 114 valence electrons. The minimum atomic E-state index is -0.567. The lowest BCUT2D eigenvalue weighted by Crippen LogP contribution is -2.15. The van der Waals surface area contributed by atoms with Crippen molar-refractivity contribution in [2.75, 3.05) is 17.2 Å². The van der Waals surface area contributed by atoms with Crippen LogP contribution in [0.4, 0.5) is 16.2 Å². The maximum Gasteiger partial charge on any atom is 0.259 e. The van der Waals surface area contributed by atoms with E-state index in [4.69, 9.17) is 0 Å². The van der Waals surface area contributed by atoms with Crippen LogP contribution >= 0.6 is 22.6 Å². The van der Waals surface area contributed by atoms with Crippen LogP contribution in [0.5, 0.6) is 0 Å². The van der Waals surface area contributed by atoms with E-state index in [-0.39, 0.29) is 5.56 Å².